The number of halogens is 1. The number of fused-ring (bicyclic) bond motifs is 1. The normalized spacial score (nSPS) is 20.3. The van der Waals surface area contributed by atoms with E-state index in [1.165, 1.54) is 23.6 Å². The Balaban J connectivity index is 1.98. The van der Waals surface area contributed by atoms with Crippen LogP contribution in [0, 0.1) is 5.92 Å². The first-order valence-electron chi connectivity index (χ1n) is 6.53. The lowest BCUT2D eigenvalue weighted by Gasteiger charge is -2.33. The molecule has 1 aromatic heterocycles. The lowest BCUT2D eigenvalue weighted by Crippen LogP contribution is -2.36. The van der Waals surface area contributed by atoms with Crippen molar-refractivity contribution >= 4 is 28.2 Å². The molecule has 0 aliphatic carbocycles. The van der Waals surface area contributed by atoms with Gasteiger partial charge in [0.1, 0.15) is 5.82 Å². The highest BCUT2D eigenvalue weighted by Crippen LogP contribution is 2.28. The van der Waals surface area contributed by atoms with Crippen LogP contribution in [-0.4, -0.2) is 24.0 Å². The Morgan fingerprint density at radius 2 is 2.17 bits per heavy atom. The minimum absolute atomic E-state index is 0.598. The first-order chi connectivity index (χ1) is 8.88. The molecular weight excluding hydrogens is 244 g/mol. The van der Waals surface area contributed by atoms with Gasteiger partial charge in [-0.2, -0.15) is 0 Å². The lowest BCUT2D eigenvalue weighted by atomic mass is 9.99. The summed E-state index contributed by atoms with van der Waals surface area (Å²) in [7, 11) is 0. The van der Waals surface area contributed by atoms with E-state index in [4.69, 9.17) is 11.6 Å². The number of alkyl halides is 1. The van der Waals surface area contributed by atoms with E-state index in [1.807, 2.05) is 6.20 Å². The van der Waals surface area contributed by atoms with Gasteiger partial charge in [0.05, 0.1) is 0 Å². The molecule has 1 aromatic carbocycles. The highest BCUT2D eigenvalue weighted by Gasteiger charge is 2.21. The third-order valence-corrected chi connectivity index (χ3v) is 4.13. The Morgan fingerprint density at radius 3 is 3.06 bits per heavy atom. The largest absolute Gasteiger partial charge is 0.356 e. The monoisotopic (exact) mass is 260 g/mol. The summed E-state index contributed by atoms with van der Waals surface area (Å²) >= 11 is 6.00. The fraction of sp³-hybridized carbons (Fsp3) is 0.400. The quantitative estimate of drug-likeness (QED) is 0.766. The molecule has 2 heterocycles. The smallest absolute Gasteiger partial charge is 0.136 e. The van der Waals surface area contributed by atoms with Crippen molar-refractivity contribution in [3.05, 3.63) is 36.5 Å². The van der Waals surface area contributed by atoms with Gasteiger partial charge in [0, 0.05) is 30.6 Å². The van der Waals surface area contributed by atoms with E-state index in [1.54, 1.807) is 0 Å². The summed E-state index contributed by atoms with van der Waals surface area (Å²) in [6, 6.07) is 10.5. The van der Waals surface area contributed by atoms with Gasteiger partial charge in [-0.05, 0) is 30.2 Å². The Labute approximate surface area is 113 Å². The first kappa shape index (κ1) is 11.8. The van der Waals surface area contributed by atoms with Crippen LogP contribution in [0.1, 0.15) is 12.8 Å². The molecule has 1 fully saturated rings. The van der Waals surface area contributed by atoms with Crippen molar-refractivity contribution in [2.45, 2.75) is 12.8 Å². The molecule has 0 spiro atoms. The van der Waals surface area contributed by atoms with E-state index >= 15 is 0 Å². The second kappa shape index (κ2) is 5.15. The zero-order valence-electron chi connectivity index (χ0n) is 10.3. The third kappa shape index (κ3) is 2.17. The van der Waals surface area contributed by atoms with Crippen molar-refractivity contribution in [1.29, 1.82) is 0 Å². The molecule has 2 aromatic rings. The Bertz CT molecular complexity index is 536. The van der Waals surface area contributed by atoms with Crippen LogP contribution < -0.4 is 4.90 Å². The topological polar surface area (TPSA) is 16.1 Å². The van der Waals surface area contributed by atoms with Crippen LogP contribution in [0.15, 0.2) is 36.5 Å². The fourth-order valence-corrected chi connectivity index (χ4v) is 2.99. The van der Waals surface area contributed by atoms with Crippen molar-refractivity contribution in [2.75, 3.05) is 23.9 Å². The molecular formula is C15H17ClN2. The maximum Gasteiger partial charge on any atom is 0.136 e. The van der Waals surface area contributed by atoms with Crippen molar-refractivity contribution in [1.82, 2.24) is 4.98 Å². The molecule has 1 aliphatic heterocycles. The Hall–Kier alpha value is -1.28. The van der Waals surface area contributed by atoms with Gasteiger partial charge in [0.2, 0.25) is 0 Å². The van der Waals surface area contributed by atoms with Crippen LogP contribution in [-0.2, 0) is 0 Å². The number of nitrogens with zero attached hydrogens (tertiary/aromatic N) is 2. The summed E-state index contributed by atoms with van der Waals surface area (Å²) in [6.07, 6.45) is 4.36. The average molecular weight is 261 g/mol. The van der Waals surface area contributed by atoms with Crippen LogP contribution in [0.4, 0.5) is 5.82 Å². The lowest BCUT2D eigenvalue weighted by molar-refractivity contribution is 0.449. The Morgan fingerprint density at radius 1 is 1.28 bits per heavy atom. The molecule has 0 saturated carbocycles. The van der Waals surface area contributed by atoms with Crippen LogP contribution in [0.2, 0.25) is 0 Å². The fourth-order valence-electron chi connectivity index (χ4n) is 2.74. The van der Waals surface area contributed by atoms with Gasteiger partial charge in [-0.3, -0.25) is 0 Å². The van der Waals surface area contributed by atoms with Crippen molar-refractivity contribution < 1.29 is 0 Å². The van der Waals surface area contributed by atoms with E-state index < -0.39 is 0 Å². The van der Waals surface area contributed by atoms with Gasteiger partial charge < -0.3 is 4.90 Å². The van der Waals surface area contributed by atoms with E-state index in [2.05, 4.69) is 40.2 Å². The molecule has 1 atom stereocenters. The van der Waals surface area contributed by atoms with Gasteiger partial charge in [0.15, 0.2) is 0 Å². The number of piperidine rings is 1. The molecule has 0 radical (unpaired) electrons. The maximum absolute atomic E-state index is 6.00. The molecule has 3 rings (SSSR count). The van der Waals surface area contributed by atoms with Crippen molar-refractivity contribution in [3.8, 4) is 0 Å². The van der Waals surface area contributed by atoms with Crippen LogP contribution >= 0.6 is 11.6 Å². The average Bonchev–Trinajstić information content (AvgIpc) is 2.47. The number of hydrogen-bond acceptors (Lipinski definition) is 2. The van der Waals surface area contributed by atoms with Gasteiger partial charge in [0.25, 0.3) is 0 Å². The molecule has 94 valence electrons. The van der Waals surface area contributed by atoms with Crippen molar-refractivity contribution in [3.63, 3.8) is 0 Å². The highest BCUT2D eigenvalue weighted by molar-refractivity contribution is 6.18. The number of rotatable bonds is 2. The molecule has 0 bridgehead atoms. The molecule has 2 nitrogen and oxygen atoms in total. The summed E-state index contributed by atoms with van der Waals surface area (Å²) in [6.45, 7) is 2.12. The molecule has 0 N–H and O–H groups in total. The third-order valence-electron chi connectivity index (χ3n) is 3.69. The van der Waals surface area contributed by atoms with Gasteiger partial charge in [-0.15, -0.1) is 11.6 Å². The molecule has 1 saturated heterocycles. The van der Waals surface area contributed by atoms with E-state index in [9.17, 15) is 0 Å². The first-order valence-corrected chi connectivity index (χ1v) is 7.06. The minimum atomic E-state index is 0.598. The second-order valence-corrected chi connectivity index (χ2v) is 5.27. The second-order valence-electron chi connectivity index (χ2n) is 4.96. The van der Waals surface area contributed by atoms with E-state index in [0.29, 0.717) is 5.92 Å². The summed E-state index contributed by atoms with van der Waals surface area (Å²) in [5.74, 6) is 2.46. The van der Waals surface area contributed by atoms with Crippen molar-refractivity contribution in [2.24, 2.45) is 5.92 Å². The number of benzene rings is 1. The SMILES string of the molecule is ClCC1CCCN(c2nccc3ccccc23)C1. The molecule has 1 unspecified atom stereocenters. The molecule has 0 amide bonds. The van der Waals surface area contributed by atoms with Gasteiger partial charge >= 0.3 is 0 Å². The van der Waals surface area contributed by atoms with Gasteiger partial charge in [-0.1, -0.05) is 24.3 Å². The van der Waals surface area contributed by atoms with E-state index in [0.717, 1.165) is 24.8 Å². The zero-order valence-corrected chi connectivity index (χ0v) is 11.1. The minimum Gasteiger partial charge on any atom is -0.356 e. The molecule has 1 aliphatic rings. The highest BCUT2D eigenvalue weighted by atomic mass is 35.5. The molecule has 3 heteroatoms. The van der Waals surface area contributed by atoms with Crippen LogP contribution in [0.25, 0.3) is 10.8 Å². The maximum atomic E-state index is 6.00. The predicted octanol–water partition coefficient (Wildman–Crippen LogP) is 3.69. The van der Waals surface area contributed by atoms with E-state index in [-0.39, 0.29) is 0 Å². The summed E-state index contributed by atoms with van der Waals surface area (Å²) in [5, 5.41) is 2.51. The summed E-state index contributed by atoms with van der Waals surface area (Å²) < 4.78 is 0. The number of aromatic nitrogens is 1. The van der Waals surface area contributed by atoms with Crippen LogP contribution in [0.5, 0.6) is 0 Å². The standard InChI is InChI=1S/C15H17ClN2/c16-10-12-4-3-9-18(11-12)15-14-6-2-1-5-13(14)7-8-17-15/h1-2,5-8,12H,3-4,9-11H2. The summed E-state index contributed by atoms with van der Waals surface area (Å²) in [5.41, 5.74) is 0. The number of anilines is 1. The zero-order chi connectivity index (χ0) is 12.4. The predicted molar refractivity (Wildman–Crippen MR) is 77.4 cm³/mol. The number of hydrogen-bond donors (Lipinski definition) is 0. The summed E-state index contributed by atoms with van der Waals surface area (Å²) in [4.78, 5) is 6.97. The molecule has 18 heavy (non-hydrogen) atoms. The van der Waals surface area contributed by atoms with Crippen LogP contribution in [0.3, 0.4) is 0 Å². The van der Waals surface area contributed by atoms with Gasteiger partial charge in [-0.25, -0.2) is 4.98 Å². The Kier molecular flexibility index (Phi) is 3.37. The number of pyridine rings is 1.